The van der Waals surface area contributed by atoms with Gasteiger partial charge in [-0.1, -0.05) is 152 Å². The number of anilines is 6. The first-order chi connectivity index (χ1) is 30.4. The summed E-state index contributed by atoms with van der Waals surface area (Å²) in [6.45, 7) is 35.3. The molecule has 0 spiro atoms. The summed E-state index contributed by atoms with van der Waals surface area (Å²) in [6, 6.07) is 34.3. The number of thiophene rings is 4. The Labute approximate surface area is 403 Å². The standard InChI is InChI=1S/C58H61BN2S4/c1-54(2,3)32-16-20-37-43(30-62-45(37)26-32)60-41-24-36(58(13,14)15)25-42-49(41)59(52-50(60)39-22-18-34(56(7,8)9)28-47(39)64-52)53-51(40-23-19-35(57(10,11)12)29-48(40)65-53)61(42)44-31-63-46-27-33(55(4,5)6)17-21-38(44)46/h16-31H,1-15H3. The first-order valence-electron chi connectivity index (χ1n) is 23.3. The summed E-state index contributed by atoms with van der Waals surface area (Å²) in [7, 11) is 0. The summed E-state index contributed by atoms with van der Waals surface area (Å²) in [4.78, 5) is 5.42. The third kappa shape index (κ3) is 6.72. The maximum Gasteiger partial charge on any atom is 0.277 e. The summed E-state index contributed by atoms with van der Waals surface area (Å²) in [5, 5.41) is 10.2. The van der Waals surface area contributed by atoms with Gasteiger partial charge in [0.2, 0.25) is 0 Å². The predicted octanol–water partition coefficient (Wildman–Crippen LogP) is 17.1. The first-order valence-corrected chi connectivity index (χ1v) is 26.7. The topological polar surface area (TPSA) is 6.48 Å². The molecule has 0 amide bonds. The number of nitrogens with zero attached hydrogens (tertiary/aromatic N) is 2. The van der Waals surface area contributed by atoms with E-state index in [1.54, 1.807) is 0 Å². The van der Waals surface area contributed by atoms with E-state index in [9.17, 15) is 0 Å². The summed E-state index contributed by atoms with van der Waals surface area (Å²) in [5.74, 6) is 0. The van der Waals surface area contributed by atoms with Gasteiger partial charge in [0.05, 0.1) is 22.7 Å². The minimum absolute atomic E-state index is 0.0378. The van der Waals surface area contributed by atoms with Crippen LogP contribution in [0.5, 0.6) is 0 Å². The molecule has 0 bridgehead atoms. The highest BCUT2D eigenvalue weighted by Crippen LogP contribution is 2.55. The van der Waals surface area contributed by atoms with Crippen molar-refractivity contribution < 1.29 is 0 Å². The molecule has 0 fully saturated rings. The van der Waals surface area contributed by atoms with Gasteiger partial charge in [-0.15, -0.1) is 45.3 Å². The molecule has 0 saturated carbocycles. The predicted molar refractivity (Wildman–Crippen MR) is 295 cm³/mol. The number of hydrogen-bond donors (Lipinski definition) is 0. The van der Waals surface area contributed by atoms with Gasteiger partial charge in [0.15, 0.2) is 0 Å². The summed E-state index contributed by atoms with van der Waals surface area (Å²) < 4.78 is 8.31. The second-order valence-electron chi connectivity index (χ2n) is 24.0. The molecule has 6 heterocycles. The number of rotatable bonds is 2. The summed E-state index contributed by atoms with van der Waals surface area (Å²) >= 11 is 7.83. The number of benzene rings is 5. The Morgan fingerprint density at radius 3 is 1.02 bits per heavy atom. The van der Waals surface area contributed by atoms with Crippen LogP contribution >= 0.6 is 45.3 Å². The van der Waals surface area contributed by atoms with Crippen LogP contribution in [0.2, 0.25) is 0 Å². The highest BCUT2D eigenvalue weighted by Gasteiger charge is 2.48. The Balaban J connectivity index is 1.29. The fraction of sp³-hybridized carbons (Fsp3) is 0.345. The molecular weight excluding hydrogens is 864 g/mol. The molecule has 4 aromatic heterocycles. The van der Waals surface area contributed by atoms with E-state index in [1.165, 1.54) is 117 Å². The quantitative estimate of drug-likeness (QED) is 0.159. The lowest BCUT2D eigenvalue weighted by molar-refractivity contribution is 0.590. The van der Waals surface area contributed by atoms with Gasteiger partial charge in [-0.3, -0.25) is 0 Å². The van der Waals surface area contributed by atoms with E-state index in [1.807, 2.05) is 45.3 Å². The van der Waals surface area contributed by atoms with Crippen molar-refractivity contribution in [2.45, 2.75) is 131 Å². The molecule has 65 heavy (non-hydrogen) atoms. The zero-order chi connectivity index (χ0) is 46.1. The normalized spacial score (nSPS) is 14.6. The van der Waals surface area contributed by atoms with Gasteiger partial charge in [0.1, 0.15) is 0 Å². The Morgan fingerprint density at radius 2 is 0.677 bits per heavy atom. The third-order valence-electron chi connectivity index (χ3n) is 14.2. The Kier molecular flexibility index (Phi) is 9.35. The van der Waals surface area contributed by atoms with E-state index in [4.69, 9.17) is 0 Å². The molecule has 11 rings (SSSR count). The third-order valence-corrected chi connectivity index (χ3v) is 18.5. The van der Waals surface area contributed by atoms with E-state index in [0.717, 1.165) is 0 Å². The molecule has 9 aromatic rings. The number of fused-ring (bicyclic) bond motifs is 10. The van der Waals surface area contributed by atoms with E-state index < -0.39 is 0 Å². The van der Waals surface area contributed by atoms with Crippen molar-refractivity contribution in [3.63, 3.8) is 0 Å². The Morgan fingerprint density at radius 1 is 0.354 bits per heavy atom. The van der Waals surface area contributed by atoms with E-state index in [-0.39, 0.29) is 33.8 Å². The zero-order valence-electron chi connectivity index (χ0n) is 40.8. The van der Waals surface area contributed by atoms with Crippen LogP contribution in [0.1, 0.15) is 132 Å². The van der Waals surface area contributed by atoms with E-state index in [0.29, 0.717) is 0 Å². The van der Waals surface area contributed by atoms with Gasteiger partial charge in [0, 0.05) is 72.0 Å². The lowest BCUT2D eigenvalue weighted by atomic mass is 9.39. The van der Waals surface area contributed by atoms with Crippen LogP contribution in [0.3, 0.4) is 0 Å². The van der Waals surface area contributed by atoms with Crippen molar-refractivity contribution in [2.75, 3.05) is 9.80 Å². The van der Waals surface area contributed by atoms with Crippen LogP contribution in [-0.2, 0) is 27.1 Å². The average molecular weight is 925 g/mol. The molecular formula is C58H61BN2S4. The highest BCUT2D eigenvalue weighted by molar-refractivity contribution is 7.40. The second kappa shape index (κ2) is 14.1. The van der Waals surface area contributed by atoms with Crippen molar-refractivity contribution in [3.05, 3.63) is 124 Å². The minimum atomic E-state index is -0.105. The van der Waals surface area contributed by atoms with Crippen molar-refractivity contribution in [2.24, 2.45) is 0 Å². The molecule has 5 aromatic carbocycles. The van der Waals surface area contributed by atoms with Crippen molar-refractivity contribution >= 4 is 142 Å². The lowest BCUT2D eigenvalue weighted by Crippen LogP contribution is -2.59. The van der Waals surface area contributed by atoms with Crippen molar-refractivity contribution in [1.29, 1.82) is 0 Å². The van der Waals surface area contributed by atoms with Crippen molar-refractivity contribution in [3.8, 4) is 0 Å². The van der Waals surface area contributed by atoms with Crippen LogP contribution in [0.4, 0.5) is 34.1 Å². The minimum Gasteiger partial charge on any atom is -0.309 e. The fourth-order valence-corrected chi connectivity index (χ4v) is 14.8. The number of hydrogen-bond acceptors (Lipinski definition) is 6. The molecule has 330 valence electrons. The molecule has 0 N–H and O–H groups in total. The van der Waals surface area contributed by atoms with Gasteiger partial charge in [-0.2, -0.15) is 0 Å². The SMILES string of the molecule is CC(C)(C)c1cc2c3c(c1)N(c1csc4cc(C(C)(C)C)ccc14)c1c(sc4cc(C(C)(C)C)ccc14)B3c1sc3cc(C(C)(C)C)ccc3c1N2c1csc2cc(C(C)(C)C)ccc12. The molecule has 0 aliphatic carbocycles. The van der Waals surface area contributed by atoms with Gasteiger partial charge in [0.25, 0.3) is 6.71 Å². The Bertz CT molecular complexity index is 3210. The molecule has 2 aliphatic rings. The maximum absolute atomic E-state index is 2.71. The molecule has 2 nitrogen and oxygen atoms in total. The molecule has 2 aliphatic heterocycles. The van der Waals surface area contributed by atoms with Gasteiger partial charge in [-0.05, 0) is 96.8 Å². The van der Waals surface area contributed by atoms with Crippen LogP contribution in [0.25, 0.3) is 40.3 Å². The molecule has 7 heteroatoms. The summed E-state index contributed by atoms with van der Waals surface area (Å²) in [6.07, 6.45) is 0. The van der Waals surface area contributed by atoms with E-state index >= 15 is 0 Å². The van der Waals surface area contributed by atoms with Crippen LogP contribution in [0.15, 0.2) is 95.7 Å². The molecule has 0 radical (unpaired) electrons. The van der Waals surface area contributed by atoms with Gasteiger partial charge < -0.3 is 9.80 Å². The zero-order valence-corrected chi connectivity index (χ0v) is 44.1. The average Bonchev–Trinajstić information content (AvgIpc) is 4.01. The largest absolute Gasteiger partial charge is 0.309 e. The van der Waals surface area contributed by atoms with Gasteiger partial charge in [-0.25, -0.2) is 0 Å². The monoisotopic (exact) mass is 924 g/mol. The first kappa shape index (κ1) is 43.2. The summed E-state index contributed by atoms with van der Waals surface area (Å²) in [5.41, 5.74) is 16.2. The lowest BCUT2D eigenvalue weighted by Gasteiger charge is -2.43. The van der Waals surface area contributed by atoms with Gasteiger partial charge >= 0.3 is 0 Å². The van der Waals surface area contributed by atoms with E-state index in [2.05, 4.69) is 209 Å². The van der Waals surface area contributed by atoms with Crippen LogP contribution < -0.4 is 24.8 Å². The maximum atomic E-state index is 2.71. The van der Waals surface area contributed by atoms with Crippen molar-refractivity contribution in [1.82, 2.24) is 0 Å². The van der Waals surface area contributed by atoms with Crippen LogP contribution in [-0.4, -0.2) is 6.71 Å². The highest BCUT2D eigenvalue weighted by atomic mass is 32.1. The second-order valence-corrected chi connectivity index (χ2v) is 28.0. The van der Waals surface area contributed by atoms with Crippen LogP contribution in [0, 0.1) is 0 Å². The molecule has 0 atom stereocenters. The fourth-order valence-electron chi connectivity index (χ4n) is 10.1. The molecule has 0 unspecified atom stereocenters. The smallest absolute Gasteiger partial charge is 0.277 e. The molecule has 0 saturated heterocycles. The Hall–Kier alpha value is -4.40.